The maximum Gasteiger partial charge on any atom is 0.0426 e. The van der Waals surface area contributed by atoms with Gasteiger partial charge in [0, 0.05) is 29.1 Å². The molecule has 1 aromatic rings. The highest BCUT2D eigenvalue weighted by molar-refractivity contribution is 9.08. The Morgan fingerprint density at radius 2 is 2.31 bits per heavy atom. The molecule has 0 saturated carbocycles. The van der Waals surface area contributed by atoms with Crippen LogP contribution in [0.5, 0.6) is 0 Å². The van der Waals surface area contributed by atoms with Gasteiger partial charge in [0.15, 0.2) is 0 Å². The van der Waals surface area contributed by atoms with E-state index in [0.29, 0.717) is 0 Å². The number of hydrogen-bond acceptors (Lipinski definition) is 1. The van der Waals surface area contributed by atoms with Crippen molar-refractivity contribution in [1.82, 2.24) is 0 Å². The molecule has 1 aliphatic heterocycles. The first-order valence-corrected chi connectivity index (χ1v) is 7.34. The Balaban J connectivity index is 2.22. The summed E-state index contributed by atoms with van der Waals surface area (Å²) >= 11 is 9.62. The second kappa shape index (κ2) is 5.42. The van der Waals surface area contributed by atoms with Gasteiger partial charge in [0.1, 0.15) is 0 Å². The van der Waals surface area contributed by atoms with Gasteiger partial charge in [0.05, 0.1) is 0 Å². The smallest absolute Gasteiger partial charge is 0.0426 e. The van der Waals surface area contributed by atoms with Gasteiger partial charge in [0.2, 0.25) is 0 Å². The second-order valence-electron chi connectivity index (χ2n) is 4.42. The molecule has 1 fully saturated rings. The number of hydrogen-bond donors (Lipinski definition) is 0. The van der Waals surface area contributed by atoms with E-state index in [1.54, 1.807) is 0 Å². The molecule has 1 saturated heterocycles. The van der Waals surface area contributed by atoms with E-state index >= 15 is 0 Å². The van der Waals surface area contributed by atoms with Gasteiger partial charge in [-0.15, -0.1) is 0 Å². The van der Waals surface area contributed by atoms with E-state index in [9.17, 15) is 0 Å². The minimum atomic E-state index is 0.833. The average Bonchev–Trinajstić information content (AvgIpc) is 2.77. The van der Waals surface area contributed by atoms with Gasteiger partial charge in [-0.2, -0.15) is 0 Å². The molecular formula is C13H17BrClN. The van der Waals surface area contributed by atoms with Crippen LogP contribution in [0.15, 0.2) is 18.2 Å². The maximum atomic E-state index is 6.08. The fourth-order valence-corrected chi connectivity index (χ4v) is 2.97. The SMILES string of the molecule is CCC1CCN(c2cc(Cl)ccc2CBr)C1. The van der Waals surface area contributed by atoms with Gasteiger partial charge in [-0.3, -0.25) is 0 Å². The summed E-state index contributed by atoms with van der Waals surface area (Å²) in [5.74, 6) is 0.849. The fourth-order valence-electron chi connectivity index (χ4n) is 2.33. The van der Waals surface area contributed by atoms with Crippen LogP contribution in [0.1, 0.15) is 25.3 Å². The van der Waals surface area contributed by atoms with Crippen molar-refractivity contribution in [2.24, 2.45) is 5.92 Å². The maximum absolute atomic E-state index is 6.08. The minimum absolute atomic E-state index is 0.833. The van der Waals surface area contributed by atoms with Crippen molar-refractivity contribution in [2.45, 2.75) is 25.1 Å². The van der Waals surface area contributed by atoms with Crippen LogP contribution in [0.3, 0.4) is 0 Å². The zero-order valence-electron chi connectivity index (χ0n) is 9.55. The van der Waals surface area contributed by atoms with E-state index in [2.05, 4.69) is 39.9 Å². The number of anilines is 1. The van der Waals surface area contributed by atoms with Gasteiger partial charge >= 0.3 is 0 Å². The molecule has 88 valence electrons. The summed E-state index contributed by atoms with van der Waals surface area (Å²) in [5.41, 5.74) is 2.64. The number of alkyl halides is 1. The predicted octanol–water partition coefficient (Wildman–Crippen LogP) is 4.47. The highest BCUT2D eigenvalue weighted by Crippen LogP contribution is 2.31. The monoisotopic (exact) mass is 301 g/mol. The summed E-state index contributed by atoms with van der Waals surface area (Å²) in [6.07, 6.45) is 2.59. The van der Waals surface area contributed by atoms with Crippen LogP contribution in [0.4, 0.5) is 5.69 Å². The van der Waals surface area contributed by atoms with Crippen LogP contribution in [0.2, 0.25) is 5.02 Å². The van der Waals surface area contributed by atoms with Crippen molar-refractivity contribution in [3.63, 3.8) is 0 Å². The van der Waals surface area contributed by atoms with Gasteiger partial charge in [-0.1, -0.05) is 46.9 Å². The lowest BCUT2D eigenvalue weighted by atomic mass is 10.1. The fraction of sp³-hybridized carbons (Fsp3) is 0.538. The third-order valence-electron chi connectivity index (χ3n) is 3.40. The van der Waals surface area contributed by atoms with Crippen LogP contribution in [0.25, 0.3) is 0 Å². The molecule has 2 rings (SSSR count). The van der Waals surface area contributed by atoms with E-state index in [-0.39, 0.29) is 0 Å². The summed E-state index contributed by atoms with van der Waals surface area (Å²) < 4.78 is 0. The van der Waals surface area contributed by atoms with Crippen molar-refractivity contribution < 1.29 is 0 Å². The van der Waals surface area contributed by atoms with Gasteiger partial charge < -0.3 is 4.90 Å². The number of nitrogens with zero attached hydrogens (tertiary/aromatic N) is 1. The molecular weight excluding hydrogens is 286 g/mol. The molecule has 3 heteroatoms. The Labute approximate surface area is 111 Å². The van der Waals surface area contributed by atoms with Crippen molar-refractivity contribution in [3.8, 4) is 0 Å². The van der Waals surface area contributed by atoms with Crippen molar-refractivity contribution in [2.75, 3.05) is 18.0 Å². The van der Waals surface area contributed by atoms with E-state index in [1.807, 2.05) is 6.07 Å². The Morgan fingerprint density at radius 1 is 1.50 bits per heavy atom. The van der Waals surface area contributed by atoms with Gasteiger partial charge in [-0.05, 0) is 30.0 Å². The molecule has 0 radical (unpaired) electrons. The number of benzene rings is 1. The van der Waals surface area contributed by atoms with Crippen LogP contribution in [0, 0.1) is 5.92 Å². The van der Waals surface area contributed by atoms with Crippen molar-refractivity contribution in [3.05, 3.63) is 28.8 Å². The van der Waals surface area contributed by atoms with E-state index in [1.165, 1.54) is 37.2 Å². The molecule has 0 amide bonds. The van der Waals surface area contributed by atoms with Gasteiger partial charge in [-0.25, -0.2) is 0 Å². The molecule has 1 aliphatic rings. The summed E-state index contributed by atoms with van der Waals surface area (Å²) in [6.45, 7) is 4.62. The largest absolute Gasteiger partial charge is 0.371 e. The lowest BCUT2D eigenvalue weighted by molar-refractivity contribution is 0.569. The Hall–Kier alpha value is -0.210. The lowest BCUT2D eigenvalue weighted by Gasteiger charge is -2.21. The zero-order valence-corrected chi connectivity index (χ0v) is 11.9. The molecule has 0 aromatic heterocycles. The molecule has 0 bridgehead atoms. The first-order valence-electron chi connectivity index (χ1n) is 5.84. The molecule has 0 aliphatic carbocycles. The molecule has 0 spiro atoms. The molecule has 1 atom stereocenters. The molecule has 16 heavy (non-hydrogen) atoms. The third kappa shape index (κ3) is 2.54. The van der Waals surface area contributed by atoms with Crippen LogP contribution in [-0.4, -0.2) is 13.1 Å². The molecule has 1 unspecified atom stereocenters. The van der Waals surface area contributed by atoms with Crippen molar-refractivity contribution in [1.29, 1.82) is 0 Å². The highest BCUT2D eigenvalue weighted by atomic mass is 79.9. The predicted molar refractivity (Wildman–Crippen MR) is 74.7 cm³/mol. The number of rotatable bonds is 3. The van der Waals surface area contributed by atoms with E-state index < -0.39 is 0 Å². The second-order valence-corrected chi connectivity index (χ2v) is 5.41. The standard InChI is InChI=1S/C13H17BrClN/c1-2-10-5-6-16(9-10)13-7-12(15)4-3-11(13)8-14/h3-4,7,10H,2,5-6,8-9H2,1H3. The molecule has 1 nitrogen and oxygen atoms in total. The summed E-state index contributed by atoms with van der Waals surface area (Å²) in [7, 11) is 0. The first-order chi connectivity index (χ1) is 7.74. The van der Waals surface area contributed by atoms with Crippen LogP contribution < -0.4 is 4.90 Å². The normalized spacial score (nSPS) is 20.4. The summed E-state index contributed by atoms with van der Waals surface area (Å²) in [5, 5.41) is 1.73. The Bertz CT molecular complexity index is 367. The highest BCUT2D eigenvalue weighted by Gasteiger charge is 2.22. The van der Waals surface area contributed by atoms with Crippen LogP contribution >= 0.6 is 27.5 Å². The van der Waals surface area contributed by atoms with E-state index in [4.69, 9.17) is 11.6 Å². The summed E-state index contributed by atoms with van der Waals surface area (Å²) in [6, 6.07) is 6.18. The molecule has 0 N–H and O–H groups in total. The summed E-state index contributed by atoms with van der Waals surface area (Å²) in [4.78, 5) is 2.47. The average molecular weight is 303 g/mol. The topological polar surface area (TPSA) is 3.24 Å². The Morgan fingerprint density at radius 3 is 2.94 bits per heavy atom. The quantitative estimate of drug-likeness (QED) is 0.745. The third-order valence-corrected chi connectivity index (χ3v) is 4.23. The van der Waals surface area contributed by atoms with Crippen molar-refractivity contribution >= 4 is 33.2 Å². The minimum Gasteiger partial charge on any atom is -0.371 e. The van der Waals surface area contributed by atoms with Crippen LogP contribution in [-0.2, 0) is 5.33 Å². The molecule has 1 aromatic carbocycles. The first kappa shape index (κ1) is 12.3. The lowest BCUT2D eigenvalue weighted by Crippen LogP contribution is -2.20. The molecule has 1 heterocycles. The number of halogens is 2. The van der Waals surface area contributed by atoms with E-state index in [0.717, 1.165) is 16.3 Å². The Kier molecular flexibility index (Phi) is 4.15. The van der Waals surface area contributed by atoms with Gasteiger partial charge in [0.25, 0.3) is 0 Å². The zero-order chi connectivity index (χ0) is 11.5.